The van der Waals surface area contributed by atoms with Crippen molar-refractivity contribution in [1.82, 2.24) is 0 Å². The van der Waals surface area contributed by atoms with Crippen LogP contribution in [0.15, 0.2) is 0 Å². The van der Waals surface area contributed by atoms with E-state index in [1.165, 1.54) is 7.11 Å². The second kappa shape index (κ2) is 5.08. The Labute approximate surface area is 101 Å². The lowest BCUT2D eigenvalue weighted by atomic mass is 9.97. The Morgan fingerprint density at radius 2 is 1.76 bits per heavy atom. The monoisotopic (exact) mass is 238 g/mol. The largest absolute Gasteiger partial charge is 0.507 e. The highest BCUT2D eigenvalue weighted by molar-refractivity contribution is 6.02. The molecule has 0 spiro atoms. The highest BCUT2D eigenvalue weighted by Gasteiger charge is 2.24. The van der Waals surface area contributed by atoms with Crippen molar-refractivity contribution in [2.24, 2.45) is 0 Å². The van der Waals surface area contributed by atoms with Crippen LogP contribution in [0.25, 0.3) is 0 Å². The number of methoxy groups -OCH3 is 1. The minimum absolute atomic E-state index is 0.0348. The van der Waals surface area contributed by atoms with Gasteiger partial charge in [0.15, 0.2) is 5.78 Å². The first-order valence-electron chi connectivity index (χ1n) is 5.57. The van der Waals surface area contributed by atoms with Gasteiger partial charge in [0.2, 0.25) is 0 Å². The topological polar surface area (TPSA) is 66.8 Å². The SMILES string of the molecule is CCCC(=O)c1c(O)c(C)c(O)c(C)c1OC. The van der Waals surface area contributed by atoms with Gasteiger partial charge in [-0.2, -0.15) is 0 Å². The van der Waals surface area contributed by atoms with Crippen molar-refractivity contribution in [3.05, 3.63) is 16.7 Å². The van der Waals surface area contributed by atoms with Crippen LogP contribution in [0.3, 0.4) is 0 Å². The highest BCUT2D eigenvalue weighted by Crippen LogP contribution is 2.41. The molecule has 4 heteroatoms. The van der Waals surface area contributed by atoms with Gasteiger partial charge in [-0.1, -0.05) is 6.92 Å². The van der Waals surface area contributed by atoms with Crippen molar-refractivity contribution in [2.45, 2.75) is 33.6 Å². The van der Waals surface area contributed by atoms with E-state index in [0.29, 0.717) is 24.0 Å². The number of benzene rings is 1. The zero-order chi connectivity index (χ0) is 13.2. The quantitative estimate of drug-likeness (QED) is 0.791. The number of hydrogen-bond donors (Lipinski definition) is 2. The fourth-order valence-corrected chi connectivity index (χ4v) is 1.85. The van der Waals surface area contributed by atoms with E-state index in [9.17, 15) is 15.0 Å². The summed E-state index contributed by atoms with van der Waals surface area (Å²) < 4.78 is 5.12. The molecule has 0 bridgehead atoms. The van der Waals surface area contributed by atoms with Crippen LogP contribution in [0.4, 0.5) is 0 Å². The lowest BCUT2D eigenvalue weighted by molar-refractivity contribution is 0.0975. The number of aromatic hydroxyl groups is 2. The molecule has 0 aliphatic heterocycles. The zero-order valence-electron chi connectivity index (χ0n) is 10.6. The van der Waals surface area contributed by atoms with Crippen LogP contribution in [-0.2, 0) is 0 Å². The molecule has 0 aliphatic rings. The third-order valence-electron chi connectivity index (χ3n) is 2.83. The van der Waals surface area contributed by atoms with Gasteiger partial charge < -0.3 is 14.9 Å². The van der Waals surface area contributed by atoms with Crippen LogP contribution >= 0.6 is 0 Å². The second-order valence-electron chi connectivity index (χ2n) is 4.03. The maximum Gasteiger partial charge on any atom is 0.170 e. The van der Waals surface area contributed by atoms with Crippen LogP contribution in [-0.4, -0.2) is 23.1 Å². The molecule has 0 heterocycles. The summed E-state index contributed by atoms with van der Waals surface area (Å²) >= 11 is 0. The average Bonchev–Trinajstić information content (AvgIpc) is 2.31. The maximum absolute atomic E-state index is 11.9. The molecule has 0 aromatic heterocycles. The van der Waals surface area contributed by atoms with E-state index >= 15 is 0 Å². The third-order valence-corrected chi connectivity index (χ3v) is 2.83. The first kappa shape index (κ1) is 13.4. The number of ketones is 1. The summed E-state index contributed by atoms with van der Waals surface area (Å²) in [5.74, 6) is -0.145. The van der Waals surface area contributed by atoms with Gasteiger partial charge in [-0.15, -0.1) is 0 Å². The summed E-state index contributed by atoms with van der Waals surface area (Å²) in [6.45, 7) is 5.12. The molecule has 0 atom stereocenters. The normalized spacial score (nSPS) is 10.4. The van der Waals surface area contributed by atoms with Gasteiger partial charge in [0.1, 0.15) is 22.8 Å². The molecule has 1 rings (SSSR count). The molecule has 0 saturated heterocycles. The second-order valence-corrected chi connectivity index (χ2v) is 4.03. The fourth-order valence-electron chi connectivity index (χ4n) is 1.85. The number of carbonyl (C=O) groups is 1. The van der Waals surface area contributed by atoms with E-state index in [1.54, 1.807) is 13.8 Å². The smallest absolute Gasteiger partial charge is 0.170 e. The number of phenolic OH excluding ortho intramolecular Hbond substituents is 2. The van der Waals surface area contributed by atoms with Crippen molar-refractivity contribution in [1.29, 1.82) is 0 Å². The van der Waals surface area contributed by atoms with Gasteiger partial charge in [-0.25, -0.2) is 0 Å². The summed E-state index contributed by atoms with van der Waals surface area (Å²) in [4.78, 5) is 11.9. The van der Waals surface area contributed by atoms with Gasteiger partial charge in [-0.05, 0) is 20.3 Å². The van der Waals surface area contributed by atoms with E-state index in [0.717, 1.165) is 0 Å². The average molecular weight is 238 g/mol. The predicted molar refractivity (Wildman–Crippen MR) is 65.0 cm³/mol. The van der Waals surface area contributed by atoms with Gasteiger partial charge in [-0.3, -0.25) is 4.79 Å². The Morgan fingerprint density at radius 1 is 1.18 bits per heavy atom. The molecular formula is C13H18O4. The Hall–Kier alpha value is -1.71. The maximum atomic E-state index is 11.9. The number of phenols is 2. The molecule has 0 saturated carbocycles. The molecule has 94 valence electrons. The van der Waals surface area contributed by atoms with Crippen molar-refractivity contribution >= 4 is 5.78 Å². The third kappa shape index (κ3) is 2.20. The molecule has 0 unspecified atom stereocenters. The van der Waals surface area contributed by atoms with Gasteiger partial charge in [0, 0.05) is 17.5 Å². The first-order chi connectivity index (χ1) is 7.95. The summed E-state index contributed by atoms with van der Waals surface area (Å²) in [7, 11) is 1.42. The molecule has 0 fully saturated rings. The molecule has 0 aliphatic carbocycles. The van der Waals surface area contributed by atoms with Crippen LogP contribution in [0.5, 0.6) is 17.2 Å². The van der Waals surface area contributed by atoms with E-state index in [1.807, 2.05) is 6.92 Å². The predicted octanol–water partition coefficient (Wildman–Crippen LogP) is 2.71. The number of ether oxygens (including phenoxy) is 1. The van der Waals surface area contributed by atoms with E-state index in [2.05, 4.69) is 0 Å². The van der Waals surface area contributed by atoms with Gasteiger partial charge in [0.25, 0.3) is 0 Å². The van der Waals surface area contributed by atoms with Crippen LogP contribution in [0.2, 0.25) is 0 Å². The van der Waals surface area contributed by atoms with Crippen LogP contribution in [0, 0.1) is 13.8 Å². The van der Waals surface area contributed by atoms with E-state index in [-0.39, 0.29) is 28.6 Å². The molecule has 1 aromatic rings. The molecule has 4 nitrogen and oxygen atoms in total. The van der Waals surface area contributed by atoms with Crippen LogP contribution < -0.4 is 4.74 Å². The molecule has 1 aromatic carbocycles. The summed E-state index contributed by atoms with van der Waals surface area (Å²) in [6, 6.07) is 0. The minimum Gasteiger partial charge on any atom is -0.507 e. The Balaban J connectivity index is 3.52. The van der Waals surface area contributed by atoms with Crippen molar-refractivity contribution < 1.29 is 19.7 Å². The molecular weight excluding hydrogens is 220 g/mol. The lowest BCUT2D eigenvalue weighted by Crippen LogP contribution is -2.05. The number of hydrogen-bond acceptors (Lipinski definition) is 4. The summed E-state index contributed by atoms with van der Waals surface area (Å²) in [5.41, 5.74) is 0.951. The number of Topliss-reactive ketones (excluding diaryl/α,β-unsaturated/α-hetero) is 1. The van der Waals surface area contributed by atoms with E-state index < -0.39 is 0 Å². The number of rotatable bonds is 4. The Bertz CT molecular complexity index is 449. The van der Waals surface area contributed by atoms with E-state index in [4.69, 9.17) is 4.74 Å². The molecule has 17 heavy (non-hydrogen) atoms. The standard InChI is InChI=1S/C13H18O4/c1-5-6-9(14)10-12(16)7(2)11(15)8(3)13(10)17-4/h15-16H,5-6H2,1-4H3. The minimum atomic E-state index is -0.191. The van der Waals surface area contributed by atoms with Gasteiger partial charge >= 0.3 is 0 Å². The summed E-state index contributed by atoms with van der Waals surface area (Å²) in [6.07, 6.45) is 1.04. The Kier molecular flexibility index (Phi) is 3.99. The molecule has 0 amide bonds. The van der Waals surface area contributed by atoms with Crippen molar-refractivity contribution in [3.63, 3.8) is 0 Å². The molecule has 2 N–H and O–H groups in total. The summed E-state index contributed by atoms with van der Waals surface area (Å²) in [5, 5.41) is 19.7. The number of carbonyl (C=O) groups excluding carboxylic acids is 1. The van der Waals surface area contributed by atoms with Gasteiger partial charge in [0.05, 0.1) is 7.11 Å². The Morgan fingerprint density at radius 3 is 2.24 bits per heavy atom. The zero-order valence-corrected chi connectivity index (χ0v) is 10.6. The van der Waals surface area contributed by atoms with Crippen LogP contribution in [0.1, 0.15) is 41.3 Å². The van der Waals surface area contributed by atoms with Crippen molar-refractivity contribution in [3.8, 4) is 17.2 Å². The fraction of sp³-hybridized carbons (Fsp3) is 0.462. The first-order valence-corrected chi connectivity index (χ1v) is 5.57. The molecule has 0 radical (unpaired) electrons. The highest BCUT2D eigenvalue weighted by atomic mass is 16.5. The lowest BCUT2D eigenvalue weighted by Gasteiger charge is -2.16. The van der Waals surface area contributed by atoms with Crippen molar-refractivity contribution in [2.75, 3.05) is 7.11 Å².